The fraction of sp³-hybridized carbons (Fsp3) is 0.200. The van der Waals surface area contributed by atoms with Crippen molar-refractivity contribution in [3.63, 3.8) is 0 Å². The summed E-state index contributed by atoms with van der Waals surface area (Å²) in [7, 11) is 0. The molecule has 1 atom stereocenters. The van der Waals surface area contributed by atoms with Gasteiger partial charge in [-0.25, -0.2) is 0 Å². The maximum atomic E-state index is 11.4. The molecule has 0 aliphatic rings. The van der Waals surface area contributed by atoms with Crippen molar-refractivity contribution < 1.29 is 9.59 Å². The standard InChI is InChI=1S/C10H10ClNO2/c1-7(9(11)13)12-10(14)8-5-3-2-4-6-8/h2-7H,1H3,(H,12,14). The highest BCUT2D eigenvalue weighted by molar-refractivity contribution is 6.64. The molecule has 0 aromatic heterocycles. The van der Waals surface area contributed by atoms with Gasteiger partial charge in [-0.3, -0.25) is 9.59 Å². The van der Waals surface area contributed by atoms with Gasteiger partial charge in [0, 0.05) is 5.56 Å². The van der Waals surface area contributed by atoms with Crippen molar-refractivity contribution in [3.8, 4) is 0 Å². The van der Waals surface area contributed by atoms with E-state index in [-0.39, 0.29) is 5.91 Å². The van der Waals surface area contributed by atoms with Crippen molar-refractivity contribution in [3.05, 3.63) is 35.9 Å². The molecule has 14 heavy (non-hydrogen) atoms. The van der Waals surface area contributed by atoms with Gasteiger partial charge in [0.15, 0.2) is 0 Å². The highest BCUT2D eigenvalue weighted by Gasteiger charge is 2.13. The van der Waals surface area contributed by atoms with Gasteiger partial charge in [0.05, 0.1) is 0 Å². The molecule has 0 bridgehead atoms. The molecule has 1 aromatic carbocycles. The van der Waals surface area contributed by atoms with Gasteiger partial charge in [-0.1, -0.05) is 18.2 Å². The van der Waals surface area contributed by atoms with Crippen molar-refractivity contribution >= 4 is 22.8 Å². The lowest BCUT2D eigenvalue weighted by Crippen LogP contribution is -2.36. The molecular weight excluding hydrogens is 202 g/mol. The van der Waals surface area contributed by atoms with Crippen molar-refractivity contribution in [1.29, 1.82) is 0 Å². The van der Waals surface area contributed by atoms with Crippen molar-refractivity contribution in [2.24, 2.45) is 0 Å². The van der Waals surface area contributed by atoms with E-state index in [2.05, 4.69) is 5.32 Å². The van der Waals surface area contributed by atoms with E-state index in [4.69, 9.17) is 11.6 Å². The fourth-order valence-electron chi connectivity index (χ4n) is 0.926. The van der Waals surface area contributed by atoms with Crippen LogP contribution in [0.25, 0.3) is 0 Å². The highest BCUT2D eigenvalue weighted by atomic mass is 35.5. The molecule has 0 aliphatic carbocycles. The summed E-state index contributed by atoms with van der Waals surface area (Å²) < 4.78 is 0. The monoisotopic (exact) mass is 211 g/mol. The van der Waals surface area contributed by atoms with E-state index < -0.39 is 11.3 Å². The van der Waals surface area contributed by atoms with Gasteiger partial charge in [-0.15, -0.1) is 0 Å². The second kappa shape index (κ2) is 4.77. The van der Waals surface area contributed by atoms with Gasteiger partial charge in [0.1, 0.15) is 6.04 Å². The molecule has 1 rings (SSSR count). The normalized spacial score (nSPS) is 11.9. The summed E-state index contributed by atoms with van der Waals surface area (Å²) in [5, 5.41) is 1.90. The lowest BCUT2D eigenvalue weighted by molar-refractivity contribution is -0.113. The van der Waals surface area contributed by atoms with Gasteiger partial charge in [0.2, 0.25) is 5.24 Å². The summed E-state index contributed by atoms with van der Waals surface area (Å²) in [6.07, 6.45) is 0. The van der Waals surface area contributed by atoms with Crippen molar-refractivity contribution in [2.75, 3.05) is 0 Å². The van der Waals surface area contributed by atoms with Crippen LogP contribution in [0.1, 0.15) is 17.3 Å². The number of benzene rings is 1. The summed E-state index contributed by atoms with van der Waals surface area (Å²) >= 11 is 5.21. The van der Waals surface area contributed by atoms with Crippen LogP contribution in [0.2, 0.25) is 0 Å². The molecule has 1 N–H and O–H groups in total. The van der Waals surface area contributed by atoms with Crippen LogP contribution in [0.15, 0.2) is 30.3 Å². The van der Waals surface area contributed by atoms with Gasteiger partial charge < -0.3 is 5.32 Å². The third-order valence-electron chi connectivity index (χ3n) is 1.72. The number of nitrogens with one attached hydrogen (secondary N) is 1. The highest BCUT2D eigenvalue weighted by Crippen LogP contribution is 1.99. The number of hydrogen-bond acceptors (Lipinski definition) is 2. The van der Waals surface area contributed by atoms with Gasteiger partial charge in [-0.05, 0) is 30.7 Å². The smallest absolute Gasteiger partial charge is 0.251 e. The molecule has 1 aromatic rings. The summed E-state index contributed by atoms with van der Waals surface area (Å²) in [4.78, 5) is 22.1. The van der Waals surface area contributed by atoms with Gasteiger partial charge in [0.25, 0.3) is 5.91 Å². The van der Waals surface area contributed by atoms with Crippen LogP contribution in [-0.4, -0.2) is 17.2 Å². The first kappa shape index (κ1) is 10.7. The lowest BCUT2D eigenvalue weighted by Gasteiger charge is -2.08. The minimum atomic E-state index is -0.663. The van der Waals surface area contributed by atoms with Crippen molar-refractivity contribution in [2.45, 2.75) is 13.0 Å². The topological polar surface area (TPSA) is 46.2 Å². The minimum absolute atomic E-state index is 0.299. The van der Waals surface area contributed by atoms with Crippen LogP contribution in [0.4, 0.5) is 0 Å². The molecule has 1 unspecified atom stereocenters. The van der Waals surface area contributed by atoms with E-state index in [0.29, 0.717) is 5.56 Å². The van der Waals surface area contributed by atoms with E-state index in [1.807, 2.05) is 6.07 Å². The SMILES string of the molecule is CC(NC(=O)c1ccccc1)C(=O)Cl. The van der Waals surface area contributed by atoms with E-state index in [1.54, 1.807) is 24.3 Å². The number of hydrogen-bond donors (Lipinski definition) is 1. The second-order valence-corrected chi connectivity index (χ2v) is 3.24. The molecule has 1 amide bonds. The number of carbonyl (C=O) groups is 2. The molecule has 74 valence electrons. The lowest BCUT2D eigenvalue weighted by atomic mass is 10.2. The predicted octanol–water partition coefficient (Wildman–Crippen LogP) is 1.57. The number of amides is 1. The summed E-state index contributed by atoms with van der Waals surface area (Å²) in [6, 6.07) is 7.99. The molecule has 0 fully saturated rings. The Morgan fingerprint density at radius 3 is 2.36 bits per heavy atom. The Kier molecular flexibility index (Phi) is 3.65. The molecule has 0 aliphatic heterocycles. The second-order valence-electron chi connectivity index (χ2n) is 2.87. The Balaban J connectivity index is 2.64. The third-order valence-corrected chi connectivity index (χ3v) is 2.05. The van der Waals surface area contributed by atoms with E-state index >= 15 is 0 Å². The zero-order valence-corrected chi connectivity index (χ0v) is 8.41. The first-order valence-corrected chi connectivity index (χ1v) is 4.54. The molecule has 3 nitrogen and oxygen atoms in total. The van der Waals surface area contributed by atoms with Crippen LogP contribution in [0, 0.1) is 0 Å². The Labute approximate surface area is 87.1 Å². The first-order chi connectivity index (χ1) is 6.61. The average Bonchev–Trinajstić information content (AvgIpc) is 2.19. The van der Waals surface area contributed by atoms with E-state index in [9.17, 15) is 9.59 Å². The molecule has 0 saturated heterocycles. The van der Waals surface area contributed by atoms with Crippen LogP contribution < -0.4 is 5.32 Å². The Hall–Kier alpha value is -1.35. The summed E-state index contributed by atoms with van der Waals surface area (Å²) in [5.41, 5.74) is 0.511. The van der Waals surface area contributed by atoms with Crippen LogP contribution in [0.5, 0.6) is 0 Å². The molecule has 0 heterocycles. The molecule has 0 spiro atoms. The van der Waals surface area contributed by atoms with E-state index in [0.717, 1.165) is 0 Å². The van der Waals surface area contributed by atoms with Gasteiger partial charge in [-0.2, -0.15) is 0 Å². The molecule has 0 radical (unpaired) electrons. The number of carbonyl (C=O) groups excluding carboxylic acids is 2. The van der Waals surface area contributed by atoms with Gasteiger partial charge >= 0.3 is 0 Å². The van der Waals surface area contributed by atoms with Crippen LogP contribution in [0.3, 0.4) is 0 Å². The molecule has 4 heteroatoms. The average molecular weight is 212 g/mol. The fourth-order valence-corrected chi connectivity index (χ4v) is 0.981. The van der Waals surface area contributed by atoms with E-state index in [1.165, 1.54) is 6.92 Å². The Morgan fingerprint density at radius 1 is 1.29 bits per heavy atom. The minimum Gasteiger partial charge on any atom is -0.341 e. The molecule has 0 saturated carbocycles. The van der Waals surface area contributed by atoms with Crippen LogP contribution in [-0.2, 0) is 4.79 Å². The zero-order chi connectivity index (χ0) is 10.6. The van der Waals surface area contributed by atoms with Crippen LogP contribution >= 0.6 is 11.6 Å². The number of rotatable bonds is 3. The Bertz CT molecular complexity index is 337. The quantitative estimate of drug-likeness (QED) is 0.772. The first-order valence-electron chi connectivity index (χ1n) is 4.16. The van der Waals surface area contributed by atoms with Crippen molar-refractivity contribution in [1.82, 2.24) is 5.32 Å². The summed E-state index contributed by atoms with van der Waals surface area (Å²) in [5.74, 6) is -0.299. The Morgan fingerprint density at radius 2 is 1.86 bits per heavy atom. The molecular formula is C10H10ClNO2. The zero-order valence-electron chi connectivity index (χ0n) is 7.66. The maximum Gasteiger partial charge on any atom is 0.251 e. The number of halogens is 1. The third kappa shape index (κ3) is 2.85. The largest absolute Gasteiger partial charge is 0.341 e. The summed E-state index contributed by atoms with van der Waals surface area (Å²) in [6.45, 7) is 1.54. The predicted molar refractivity (Wildman–Crippen MR) is 54.2 cm³/mol. The maximum absolute atomic E-state index is 11.4.